The van der Waals surface area contributed by atoms with Crippen LogP contribution in [0.25, 0.3) is 11.3 Å². The molecule has 0 fully saturated rings. The van der Waals surface area contributed by atoms with Gasteiger partial charge in [-0.05, 0) is 37.1 Å². The lowest BCUT2D eigenvalue weighted by atomic mass is 10.1. The highest BCUT2D eigenvalue weighted by molar-refractivity contribution is 6.02. The van der Waals surface area contributed by atoms with Crippen molar-refractivity contribution >= 4 is 23.4 Å². The predicted molar refractivity (Wildman–Crippen MR) is 104 cm³/mol. The van der Waals surface area contributed by atoms with E-state index in [-0.39, 0.29) is 6.03 Å². The molecule has 4 heterocycles. The summed E-state index contributed by atoms with van der Waals surface area (Å²) in [5.74, 6) is 1.000. The molecule has 27 heavy (non-hydrogen) atoms. The highest BCUT2D eigenvalue weighted by atomic mass is 16.2. The van der Waals surface area contributed by atoms with Crippen molar-refractivity contribution in [2.24, 2.45) is 0 Å². The normalized spacial score (nSPS) is 13.7. The molecule has 1 aliphatic heterocycles. The molecule has 8 heteroatoms. The van der Waals surface area contributed by atoms with Crippen LogP contribution in [0.5, 0.6) is 0 Å². The van der Waals surface area contributed by atoms with Gasteiger partial charge in [-0.15, -0.1) is 0 Å². The van der Waals surface area contributed by atoms with Crippen molar-refractivity contribution in [2.45, 2.75) is 12.8 Å². The van der Waals surface area contributed by atoms with Crippen molar-refractivity contribution in [3.05, 3.63) is 55.2 Å². The summed E-state index contributed by atoms with van der Waals surface area (Å²) in [6.45, 7) is 1.42. The summed E-state index contributed by atoms with van der Waals surface area (Å²) in [7, 11) is 0. The third kappa shape index (κ3) is 3.84. The maximum atomic E-state index is 12.9. The van der Waals surface area contributed by atoms with Gasteiger partial charge >= 0.3 is 6.03 Å². The lowest BCUT2D eigenvalue weighted by molar-refractivity contribution is 0.256. The third-order valence-corrected chi connectivity index (χ3v) is 4.26. The van der Waals surface area contributed by atoms with E-state index in [1.54, 1.807) is 23.5 Å². The van der Waals surface area contributed by atoms with Crippen LogP contribution in [-0.2, 0) is 0 Å². The Morgan fingerprint density at radius 1 is 1.07 bits per heavy atom. The number of hydrogen-bond donors (Lipinski definition) is 2. The van der Waals surface area contributed by atoms with Gasteiger partial charge in [0.2, 0.25) is 0 Å². The Morgan fingerprint density at radius 3 is 2.81 bits per heavy atom. The summed E-state index contributed by atoms with van der Waals surface area (Å²) in [6, 6.07) is 7.42. The SMILES string of the molecule is O=C(Nc1cnccn1)N1CCCCNc2ccc(-c3cccnc3)nc21. The number of amides is 2. The molecule has 0 spiro atoms. The minimum absolute atomic E-state index is 0.281. The molecule has 2 N–H and O–H groups in total. The highest BCUT2D eigenvalue weighted by Gasteiger charge is 2.23. The summed E-state index contributed by atoms with van der Waals surface area (Å²) >= 11 is 0. The van der Waals surface area contributed by atoms with Crippen molar-refractivity contribution in [3.8, 4) is 11.3 Å². The van der Waals surface area contributed by atoms with Crippen molar-refractivity contribution in [1.29, 1.82) is 0 Å². The van der Waals surface area contributed by atoms with Crippen LogP contribution < -0.4 is 15.5 Å². The van der Waals surface area contributed by atoms with Gasteiger partial charge in [0.15, 0.2) is 11.6 Å². The molecule has 0 saturated heterocycles. The number of fused-ring (bicyclic) bond motifs is 1. The van der Waals surface area contributed by atoms with Crippen molar-refractivity contribution < 1.29 is 4.79 Å². The van der Waals surface area contributed by atoms with Crippen LogP contribution >= 0.6 is 0 Å². The molecular formula is C19H19N7O. The third-order valence-electron chi connectivity index (χ3n) is 4.26. The smallest absolute Gasteiger partial charge is 0.328 e. The number of hydrogen-bond acceptors (Lipinski definition) is 6. The van der Waals surface area contributed by atoms with E-state index in [2.05, 4.69) is 25.6 Å². The number of urea groups is 1. The second-order valence-electron chi connectivity index (χ2n) is 6.12. The zero-order chi connectivity index (χ0) is 18.5. The number of carbonyl (C=O) groups is 1. The average Bonchev–Trinajstić information content (AvgIpc) is 2.70. The molecule has 136 valence electrons. The number of pyridine rings is 2. The van der Waals surface area contributed by atoms with Crippen molar-refractivity contribution in [1.82, 2.24) is 19.9 Å². The fourth-order valence-electron chi connectivity index (χ4n) is 2.93. The molecule has 0 saturated carbocycles. The minimum Gasteiger partial charge on any atom is -0.382 e. The zero-order valence-electron chi connectivity index (χ0n) is 14.7. The van der Waals surface area contributed by atoms with Gasteiger partial charge < -0.3 is 5.32 Å². The van der Waals surface area contributed by atoms with Crippen LogP contribution in [0.2, 0.25) is 0 Å². The second-order valence-corrected chi connectivity index (χ2v) is 6.12. The molecule has 2 amide bonds. The van der Waals surface area contributed by atoms with Gasteiger partial charge in [-0.3, -0.25) is 20.2 Å². The Morgan fingerprint density at radius 2 is 2.00 bits per heavy atom. The van der Waals surface area contributed by atoms with Crippen molar-refractivity contribution in [2.75, 3.05) is 28.6 Å². The fourth-order valence-corrected chi connectivity index (χ4v) is 2.93. The maximum Gasteiger partial charge on any atom is 0.328 e. The molecule has 4 rings (SSSR count). The topological polar surface area (TPSA) is 95.9 Å². The maximum absolute atomic E-state index is 12.9. The molecule has 0 aromatic carbocycles. The van der Waals surface area contributed by atoms with Crippen LogP contribution in [0.4, 0.5) is 22.1 Å². The van der Waals surface area contributed by atoms with Gasteiger partial charge in [-0.1, -0.05) is 0 Å². The van der Waals surface area contributed by atoms with Crippen molar-refractivity contribution in [3.63, 3.8) is 0 Å². The van der Waals surface area contributed by atoms with Crippen LogP contribution in [0.3, 0.4) is 0 Å². The van der Waals surface area contributed by atoms with Crippen LogP contribution in [0, 0.1) is 0 Å². The zero-order valence-corrected chi connectivity index (χ0v) is 14.7. The summed E-state index contributed by atoms with van der Waals surface area (Å²) < 4.78 is 0. The number of carbonyl (C=O) groups excluding carboxylic acids is 1. The molecule has 0 radical (unpaired) electrons. The quantitative estimate of drug-likeness (QED) is 0.728. The van der Waals surface area contributed by atoms with Crippen LogP contribution in [0.15, 0.2) is 55.2 Å². The highest BCUT2D eigenvalue weighted by Crippen LogP contribution is 2.30. The average molecular weight is 361 g/mol. The minimum atomic E-state index is -0.281. The number of nitrogens with one attached hydrogen (secondary N) is 2. The molecule has 0 unspecified atom stereocenters. The van der Waals surface area contributed by atoms with Gasteiger partial charge in [-0.2, -0.15) is 0 Å². The standard InChI is InChI=1S/C19H19N7O/c27-19(25-17-13-21-9-10-23-17)26-11-2-1-8-22-16-6-5-15(24-18(16)26)14-4-3-7-20-12-14/h3-7,9-10,12-13,22H,1-2,8,11H2,(H,23,25,27). The van der Waals surface area contributed by atoms with E-state index in [4.69, 9.17) is 4.98 Å². The Labute approximate surface area is 156 Å². The van der Waals surface area contributed by atoms with E-state index in [9.17, 15) is 4.79 Å². The molecule has 3 aromatic rings. The number of anilines is 3. The van der Waals surface area contributed by atoms with Gasteiger partial charge in [-0.25, -0.2) is 14.8 Å². The molecule has 3 aromatic heterocycles. The van der Waals surface area contributed by atoms with Gasteiger partial charge in [0.25, 0.3) is 0 Å². The fraction of sp³-hybridized carbons (Fsp3) is 0.211. The first-order chi connectivity index (χ1) is 13.3. The van der Waals surface area contributed by atoms with E-state index in [1.807, 2.05) is 24.3 Å². The predicted octanol–water partition coefficient (Wildman–Crippen LogP) is 3.18. The van der Waals surface area contributed by atoms with E-state index in [0.717, 1.165) is 36.3 Å². The van der Waals surface area contributed by atoms with E-state index < -0.39 is 0 Å². The molecule has 8 nitrogen and oxygen atoms in total. The largest absolute Gasteiger partial charge is 0.382 e. The Balaban J connectivity index is 1.69. The van der Waals surface area contributed by atoms with Crippen LogP contribution in [0.1, 0.15) is 12.8 Å². The van der Waals surface area contributed by atoms with Gasteiger partial charge in [0.1, 0.15) is 0 Å². The summed E-state index contributed by atoms with van der Waals surface area (Å²) in [4.78, 5) is 31.6. The lowest BCUT2D eigenvalue weighted by Crippen LogP contribution is -2.38. The van der Waals surface area contributed by atoms with Crippen LogP contribution in [-0.4, -0.2) is 39.1 Å². The molecule has 0 bridgehead atoms. The Bertz CT molecular complexity index is 918. The van der Waals surface area contributed by atoms with Gasteiger partial charge in [0, 0.05) is 43.4 Å². The first kappa shape index (κ1) is 16.9. The summed E-state index contributed by atoms with van der Waals surface area (Å²) in [5, 5.41) is 6.16. The first-order valence-electron chi connectivity index (χ1n) is 8.81. The Hall–Kier alpha value is -3.55. The van der Waals surface area contributed by atoms with Gasteiger partial charge in [0.05, 0.1) is 17.6 Å². The molecular weight excluding hydrogens is 342 g/mol. The lowest BCUT2D eigenvalue weighted by Gasteiger charge is -2.27. The number of aromatic nitrogens is 4. The first-order valence-corrected chi connectivity index (χ1v) is 8.81. The van der Waals surface area contributed by atoms with E-state index in [1.165, 1.54) is 12.4 Å². The molecule has 0 aliphatic carbocycles. The molecule has 1 aliphatic rings. The summed E-state index contributed by atoms with van der Waals surface area (Å²) in [6.07, 6.45) is 9.94. The Kier molecular flexibility index (Phi) is 4.86. The number of nitrogens with zero attached hydrogens (tertiary/aromatic N) is 5. The van der Waals surface area contributed by atoms with E-state index >= 15 is 0 Å². The summed E-state index contributed by atoms with van der Waals surface area (Å²) in [5.41, 5.74) is 2.50. The second kappa shape index (κ2) is 7.77. The monoisotopic (exact) mass is 361 g/mol. The van der Waals surface area contributed by atoms with E-state index in [0.29, 0.717) is 18.2 Å². The number of rotatable bonds is 2. The molecule has 0 atom stereocenters.